The van der Waals surface area contributed by atoms with E-state index in [4.69, 9.17) is 0 Å². The molecule has 0 amide bonds. The molecule has 17 heavy (non-hydrogen) atoms. The average molecular weight is 233 g/mol. The number of rotatable bonds is 3. The Balaban J connectivity index is 2.02. The Morgan fingerprint density at radius 3 is 2.65 bits per heavy atom. The molecular weight excluding hydrogens is 210 g/mol. The minimum Gasteiger partial charge on any atom is -0.361 e. The van der Waals surface area contributed by atoms with Gasteiger partial charge in [-0.05, 0) is 31.0 Å². The van der Waals surface area contributed by atoms with Crippen molar-refractivity contribution in [1.82, 2.24) is 10.2 Å². The number of piperazine rings is 1. The third-order valence-corrected chi connectivity index (χ3v) is 3.40. The van der Waals surface area contributed by atoms with Gasteiger partial charge in [0.2, 0.25) is 0 Å². The Morgan fingerprint density at radius 1 is 1.24 bits per heavy atom. The van der Waals surface area contributed by atoms with Gasteiger partial charge < -0.3 is 10.2 Å². The molecule has 1 fully saturated rings. The van der Waals surface area contributed by atoms with Crippen molar-refractivity contribution < 1.29 is 0 Å². The van der Waals surface area contributed by atoms with E-state index < -0.39 is 0 Å². The topological polar surface area (TPSA) is 18.5 Å². The van der Waals surface area contributed by atoms with E-state index in [9.17, 15) is 0 Å². The molecule has 1 aliphatic heterocycles. The molecule has 3 heteroatoms. The molecule has 1 aromatic rings. The zero-order valence-electron chi connectivity index (χ0n) is 11.2. The standard InChI is InChI=1S/C14H23N3/c1-12-4-5-13(2)14(10-12)16(3)11-17-8-6-15-7-9-17/h4-5,10,15H,6-9,11H2,1-3H3. The van der Waals surface area contributed by atoms with Gasteiger partial charge in [0.1, 0.15) is 0 Å². The molecule has 3 nitrogen and oxygen atoms in total. The predicted octanol–water partition coefficient (Wildman–Crippen LogP) is 1.60. The minimum absolute atomic E-state index is 1.02. The first kappa shape index (κ1) is 12.4. The van der Waals surface area contributed by atoms with Gasteiger partial charge in [-0.1, -0.05) is 12.1 Å². The minimum atomic E-state index is 1.02. The fourth-order valence-electron chi connectivity index (χ4n) is 2.36. The fraction of sp³-hybridized carbons (Fsp3) is 0.571. The third-order valence-electron chi connectivity index (χ3n) is 3.40. The lowest BCUT2D eigenvalue weighted by Crippen LogP contribution is -2.47. The van der Waals surface area contributed by atoms with Crippen LogP contribution in [0.4, 0.5) is 5.69 Å². The van der Waals surface area contributed by atoms with Crippen molar-refractivity contribution in [1.29, 1.82) is 0 Å². The van der Waals surface area contributed by atoms with E-state index in [1.807, 2.05) is 0 Å². The van der Waals surface area contributed by atoms with Gasteiger partial charge in [-0.25, -0.2) is 0 Å². The Kier molecular flexibility index (Phi) is 4.02. The van der Waals surface area contributed by atoms with Crippen LogP contribution in [0.2, 0.25) is 0 Å². The second kappa shape index (κ2) is 5.52. The average Bonchev–Trinajstić information content (AvgIpc) is 2.33. The summed E-state index contributed by atoms with van der Waals surface area (Å²) in [7, 11) is 2.18. The predicted molar refractivity (Wildman–Crippen MR) is 73.6 cm³/mol. The number of hydrogen-bond donors (Lipinski definition) is 1. The van der Waals surface area contributed by atoms with Crippen LogP contribution in [-0.2, 0) is 0 Å². The lowest BCUT2D eigenvalue weighted by Gasteiger charge is -2.33. The van der Waals surface area contributed by atoms with Gasteiger partial charge in [0.25, 0.3) is 0 Å². The van der Waals surface area contributed by atoms with Crippen molar-refractivity contribution in [3.63, 3.8) is 0 Å². The molecule has 0 bridgehead atoms. The summed E-state index contributed by atoms with van der Waals surface area (Å²) < 4.78 is 0. The monoisotopic (exact) mass is 233 g/mol. The molecule has 0 spiro atoms. The molecule has 2 rings (SSSR count). The van der Waals surface area contributed by atoms with Crippen molar-refractivity contribution in [3.8, 4) is 0 Å². The highest BCUT2D eigenvalue weighted by molar-refractivity contribution is 5.54. The normalized spacial score (nSPS) is 17.1. The number of anilines is 1. The van der Waals surface area contributed by atoms with Crippen molar-refractivity contribution in [3.05, 3.63) is 29.3 Å². The molecule has 1 N–H and O–H groups in total. The van der Waals surface area contributed by atoms with E-state index in [1.165, 1.54) is 16.8 Å². The van der Waals surface area contributed by atoms with Gasteiger partial charge in [-0.15, -0.1) is 0 Å². The third kappa shape index (κ3) is 3.20. The van der Waals surface area contributed by atoms with E-state index >= 15 is 0 Å². The van der Waals surface area contributed by atoms with Crippen LogP contribution in [0.5, 0.6) is 0 Å². The number of nitrogens with one attached hydrogen (secondary N) is 1. The maximum Gasteiger partial charge on any atom is 0.0704 e. The smallest absolute Gasteiger partial charge is 0.0704 e. The molecule has 1 aromatic carbocycles. The van der Waals surface area contributed by atoms with Gasteiger partial charge in [-0.2, -0.15) is 0 Å². The summed E-state index contributed by atoms with van der Waals surface area (Å²) in [6, 6.07) is 6.66. The maximum atomic E-state index is 3.39. The first-order chi connectivity index (χ1) is 8.16. The Hall–Kier alpha value is -1.06. The summed E-state index contributed by atoms with van der Waals surface area (Å²) in [6.45, 7) is 9.88. The van der Waals surface area contributed by atoms with Crippen LogP contribution >= 0.6 is 0 Å². The summed E-state index contributed by atoms with van der Waals surface area (Å²) >= 11 is 0. The number of nitrogens with zero attached hydrogens (tertiary/aromatic N) is 2. The summed E-state index contributed by atoms with van der Waals surface area (Å²) in [5.74, 6) is 0. The summed E-state index contributed by atoms with van der Waals surface area (Å²) in [5.41, 5.74) is 4.04. The van der Waals surface area contributed by atoms with Crippen molar-refractivity contribution in [2.75, 3.05) is 44.8 Å². The van der Waals surface area contributed by atoms with Crippen LogP contribution in [-0.4, -0.2) is 44.8 Å². The van der Waals surface area contributed by atoms with Crippen LogP contribution in [0.25, 0.3) is 0 Å². The van der Waals surface area contributed by atoms with Crippen molar-refractivity contribution >= 4 is 5.69 Å². The van der Waals surface area contributed by atoms with E-state index in [1.54, 1.807) is 0 Å². The van der Waals surface area contributed by atoms with Crippen LogP contribution in [0.1, 0.15) is 11.1 Å². The molecule has 1 saturated heterocycles. The van der Waals surface area contributed by atoms with Crippen molar-refractivity contribution in [2.24, 2.45) is 0 Å². The molecule has 0 aliphatic carbocycles. The Labute approximate surface area is 104 Å². The van der Waals surface area contributed by atoms with Gasteiger partial charge in [-0.3, -0.25) is 4.90 Å². The molecule has 0 aromatic heterocycles. The second-order valence-electron chi connectivity index (χ2n) is 5.00. The molecule has 0 unspecified atom stereocenters. The van der Waals surface area contributed by atoms with Gasteiger partial charge in [0.15, 0.2) is 0 Å². The fourth-order valence-corrected chi connectivity index (χ4v) is 2.36. The van der Waals surface area contributed by atoms with Gasteiger partial charge in [0.05, 0.1) is 6.67 Å². The van der Waals surface area contributed by atoms with Crippen molar-refractivity contribution in [2.45, 2.75) is 13.8 Å². The van der Waals surface area contributed by atoms with E-state index in [-0.39, 0.29) is 0 Å². The zero-order chi connectivity index (χ0) is 12.3. The molecular formula is C14H23N3. The highest BCUT2D eigenvalue weighted by Crippen LogP contribution is 2.20. The number of aryl methyl sites for hydroxylation is 2. The first-order valence-electron chi connectivity index (χ1n) is 6.38. The second-order valence-corrected chi connectivity index (χ2v) is 5.00. The van der Waals surface area contributed by atoms with Gasteiger partial charge in [0, 0.05) is 38.9 Å². The lowest BCUT2D eigenvalue weighted by molar-refractivity contribution is 0.243. The molecule has 1 aliphatic rings. The molecule has 0 saturated carbocycles. The van der Waals surface area contributed by atoms with Crippen LogP contribution < -0.4 is 10.2 Å². The SMILES string of the molecule is Cc1ccc(C)c(N(C)CN2CCNCC2)c1. The molecule has 0 atom stereocenters. The maximum absolute atomic E-state index is 3.39. The van der Waals surface area contributed by atoms with E-state index in [0.717, 1.165) is 32.8 Å². The molecule has 0 radical (unpaired) electrons. The summed E-state index contributed by atoms with van der Waals surface area (Å²) in [4.78, 5) is 4.85. The highest BCUT2D eigenvalue weighted by Gasteiger charge is 2.12. The van der Waals surface area contributed by atoms with Gasteiger partial charge >= 0.3 is 0 Å². The highest BCUT2D eigenvalue weighted by atomic mass is 15.3. The quantitative estimate of drug-likeness (QED) is 0.855. The Morgan fingerprint density at radius 2 is 1.94 bits per heavy atom. The molecule has 1 heterocycles. The summed E-state index contributed by atoms with van der Waals surface area (Å²) in [5, 5.41) is 3.39. The number of hydrogen-bond acceptors (Lipinski definition) is 3. The molecule has 94 valence electrons. The lowest BCUT2D eigenvalue weighted by atomic mass is 10.1. The largest absolute Gasteiger partial charge is 0.361 e. The van der Waals surface area contributed by atoms with E-state index in [0.29, 0.717) is 0 Å². The summed E-state index contributed by atoms with van der Waals surface area (Å²) in [6.07, 6.45) is 0. The number of benzene rings is 1. The van der Waals surface area contributed by atoms with Crippen LogP contribution in [0.15, 0.2) is 18.2 Å². The van der Waals surface area contributed by atoms with E-state index in [2.05, 4.69) is 54.2 Å². The zero-order valence-corrected chi connectivity index (χ0v) is 11.2. The first-order valence-corrected chi connectivity index (χ1v) is 6.38. The Bertz CT molecular complexity index is 370. The van der Waals surface area contributed by atoms with Crippen LogP contribution in [0.3, 0.4) is 0 Å². The van der Waals surface area contributed by atoms with Crippen LogP contribution in [0, 0.1) is 13.8 Å².